The monoisotopic (exact) mass is 235 g/mol. The molecule has 0 aliphatic carbocycles. The molecule has 0 saturated carbocycles. The first-order valence-corrected chi connectivity index (χ1v) is 5.95. The Kier molecular flexibility index (Phi) is 3.10. The van der Waals surface area contributed by atoms with E-state index in [9.17, 15) is 4.79 Å². The quantitative estimate of drug-likeness (QED) is 0.888. The molecule has 0 bridgehead atoms. The molecule has 2 rings (SSSR count). The van der Waals surface area contributed by atoms with E-state index in [0.717, 1.165) is 16.4 Å². The summed E-state index contributed by atoms with van der Waals surface area (Å²) in [5.74, 6) is 1.58. The Morgan fingerprint density at radius 1 is 1.44 bits per heavy atom. The molecule has 0 aromatic carbocycles. The van der Waals surface area contributed by atoms with E-state index >= 15 is 0 Å². The summed E-state index contributed by atoms with van der Waals surface area (Å²) in [6.07, 6.45) is 0. The lowest BCUT2D eigenvalue weighted by Gasteiger charge is -2.10. The summed E-state index contributed by atoms with van der Waals surface area (Å²) in [5.41, 5.74) is 0. The van der Waals surface area contributed by atoms with E-state index in [1.165, 1.54) is 11.3 Å². The second-order valence-electron chi connectivity index (χ2n) is 3.62. The third kappa shape index (κ3) is 2.33. The number of amides is 1. The van der Waals surface area contributed by atoms with Crippen LogP contribution < -0.4 is 5.32 Å². The molecule has 1 atom stereocenters. The number of aryl methyl sites for hydroxylation is 1. The largest absolute Gasteiger partial charge is 0.464 e. The molecule has 0 aliphatic heterocycles. The van der Waals surface area contributed by atoms with Gasteiger partial charge in [0.1, 0.15) is 11.5 Å². The predicted octanol–water partition coefficient (Wildman–Crippen LogP) is 3.14. The average Bonchev–Trinajstić information content (AvgIpc) is 2.87. The first-order chi connectivity index (χ1) is 7.66. The number of hydrogen-bond acceptors (Lipinski definition) is 3. The highest BCUT2D eigenvalue weighted by molar-refractivity contribution is 7.12. The van der Waals surface area contributed by atoms with Gasteiger partial charge in [0.2, 0.25) is 0 Å². The van der Waals surface area contributed by atoms with Gasteiger partial charge in [-0.2, -0.15) is 0 Å². The van der Waals surface area contributed by atoms with Crippen LogP contribution >= 0.6 is 11.3 Å². The number of hydrogen-bond donors (Lipinski definition) is 1. The van der Waals surface area contributed by atoms with Crippen molar-refractivity contribution >= 4 is 17.2 Å². The Balaban J connectivity index is 2.03. The minimum Gasteiger partial charge on any atom is -0.464 e. The van der Waals surface area contributed by atoms with Crippen molar-refractivity contribution in [3.05, 3.63) is 46.0 Å². The van der Waals surface area contributed by atoms with Gasteiger partial charge in [-0.05, 0) is 37.4 Å². The number of carbonyl (C=O) groups excluding carboxylic acids is 1. The first-order valence-electron chi connectivity index (χ1n) is 5.07. The lowest BCUT2D eigenvalue weighted by atomic mass is 10.2. The van der Waals surface area contributed by atoms with E-state index in [2.05, 4.69) is 5.32 Å². The van der Waals surface area contributed by atoms with Crippen molar-refractivity contribution in [1.29, 1.82) is 0 Å². The van der Waals surface area contributed by atoms with Gasteiger partial charge in [0.15, 0.2) is 0 Å². The van der Waals surface area contributed by atoms with Crippen LogP contribution in [0, 0.1) is 6.92 Å². The molecule has 1 amide bonds. The Hall–Kier alpha value is -1.55. The molecule has 0 aliphatic rings. The molecule has 1 unspecified atom stereocenters. The second kappa shape index (κ2) is 4.53. The average molecular weight is 235 g/mol. The summed E-state index contributed by atoms with van der Waals surface area (Å²) in [4.78, 5) is 12.5. The molecular formula is C12H13NO2S. The molecule has 1 N–H and O–H groups in total. The number of nitrogens with one attached hydrogen (secondary N) is 1. The maximum atomic E-state index is 11.8. The molecule has 84 valence electrons. The molecule has 2 aromatic heterocycles. The zero-order chi connectivity index (χ0) is 11.5. The van der Waals surface area contributed by atoms with E-state index in [1.807, 2.05) is 37.4 Å². The topological polar surface area (TPSA) is 42.2 Å². The van der Waals surface area contributed by atoms with E-state index in [4.69, 9.17) is 4.42 Å². The van der Waals surface area contributed by atoms with E-state index in [-0.39, 0.29) is 11.9 Å². The van der Waals surface area contributed by atoms with Gasteiger partial charge in [-0.25, -0.2) is 0 Å². The molecule has 2 heterocycles. The third-order valence-corrected chi connectivity index (χ3v) is 3.15. The summed E-state index contributed by atoms with van der Waals surface area (Å²) in [7, 11) is 0. The van der Waals surface area contributed by atoms with Gasteiger partial charge in [-0.3, -0.25) is 4.79 Å². The molecule has 0 spiro atoms. The van der Waals surface area contributed by atoms with Crippen molar-refractivity contribution in [2.75, 3.05) is 0 Å². The van der Waals surface area contributed by atoms with Crippen LogP contribution in [0.3, 0.4) is 0 Å². The summed E-state index contributed by atoms with van der Waals surface area (Å²) in [6.45, 7) is 3.79. The van der Waals surface area contributed by atoms with Crippen molar-refractivity contribution < 1.29 is 9.21 Å². The fourth-order valence-corrected chi connectivity index (χ4v) is 2.06. The van der Waals surface area contributed by atoms with Gasteiger partial charge < -0.3 is 9.73 Å². The van der Waals surface area contributed by atoms with E-state index < -0.39 is 0 Å². The van der Waals surface area contributed by atoms with Crippen molar-refractivity contribution in [2.24, 2.45) is 0 Å². The van der Waals surface area contributed by atoms with E-state index in [1.54, 1.807) is 6.07 Å². The summed E-state index contributed by atoms with van der Waals surface area (Å²) in [6, 6.07) is 7.34. The van der Waals surface area contributed by atoms with Crippen LogP contribution in [-0.4, -0.2) is 5.91 Å². The van der Waals surface area contributed by atoms with Crippen LogP contribution in [0.4, 0.5) is 0 Å². The molecular weight excluding hydrogens is 222 g/mol. The van der Waals surface area contributed by atoms with E-state index in [0.29, 0.717) is 0 Å². The summed E-state index contributed by atoms with van der Waals surface area (Å²) < 4.78 is 5.45. The van der Waals surface area contributed by atoms with Gasteiger partial charge in [-0.1, -0.05) is 6.07 Å². The number of rotatable bonds is 3. The molecule has 2 aromatic rings. The highest BCUT2D eigenvalue weighted by Gasteiger charge is 2.14. The van der Waals surface area contributed by atoms with Gasteiger partial charge >= 0.3 is 0 Å². The van der Waals surface area contributed by atoms with Crippen LogP contribution in [-0.2, 0) is 0 Å². The number of furan rings is 1. The van der Waals surface area contributed by atoms with Crippen LogP contribution in [0.5, 0.6) is 0 Å². The van der Waals surface area contributed by atoms with Crippen molar-refractivity contribution in [2.45, 2.75) is 19.9 Å². The zero-order valence-electron chi connectivity index (χ0n) is 9.19. The Morgan fingerprint density at radius 3 is 2.81 bits per heavy atom. The van der Waals surface area contributed by atoms with Gasteiger partial charge in [0.05, 0.1) is 10.9 Å². The zero-order valence-corrected chi connectivity index (χ0v) is 10.0. The fraction of sp³-hybridized carbons (Fsp3) is 0.250. The number of carbonyl (C=O) groups is 1. The highest BCUT2D eigenvalue weighted by Crippen LogP contribution is 2.17. The summed E-state index contributed by atoms with van der Waals surface area (Å²) in [5, 5.41) is 4.78. The van der Waals surface area contributed by atoms with Crippen LogP contribution in [0.25, 0.3) is 0 Å². The number of thiophene rings is 1. The smallest absolute Gasteiger partial charge is 0.261 e. The molecule has 4 heteroatoms. The molecule has 3 nitrogen and oxygen atoms in total. The Morgan fingerprint density at radius 2 is 2.25 bits per heavy atom. The maximum Gasteiger partial charge on any atom is 0.261 e. The van der Waals surface area contributed by atoms with Crippen LogP contribution in [0.1, 0.15) is 34.2 Å². The molecule has 0 fully saturated rings. The summed E-state index contributed by atoms with van der Waals surface area (Å²) >= 11 is 1.43. The Labute approximate surface area is 98.1 Å². The highest BCUT2D eigenvalue weighted by atomic mass is 32.1. The predicted molar refractivity (Wildman–Crippen MR) is 63.6 cm³/mol. The van der Waals surface area contributed by atoms with Gasteiger partial charge in [-0.15, -0.1) is 11.3 Å². The fourth-order valence-electron chi connectivity index (χ4n) is 1.43. The lowest BCUT2D eigenvalue weighted by molar-refractivity contribution is 0.0939. The standard InChI is InChI=1S/C12H13NO2S/c1-8-5-6-10(15-8)9(2)13-12(14)11-4-3-7-16-11/h3-7,9H,1-2H3,(H,13,14). The lowest BCUT2D eigenvalue weighted by Crippen LogP contribution is -2.25. The maximum absolute atomic E-state index is 11.8. The second-order valence-corrected chi connectivity index (χ2v) is 4.57. The minimum absolute atomic E-state index is 0.0587. The molecule has 0 radical (unpaired) electrons. The van der Waals surface area contributed by atoms with Crippen molar-refractivity contribution in [3.8, 4) is 0 Å². The van der Waals surface area contributed by atoms with Gasteiger partial charge in [0, 0.05) is 0 Å². The molecule has 0 saturated heterocycles. The van der Waals surface area contributed by atoms with Crippen LogP contribution in [0.15, 0.2) is 34.1 Å². The van der Waals surface area contributed by atoms with Crippen LogP contribution in [0.2, 0.25) is 0 Å². The third-order valence-electron chi connectivity index (χ3n) is 2.28. The minimum atomic E-state index is -0.108. The normalized spacial score (nSPS) is 12.4. The first kappa shape index (κ1) is 11.0. The SMILES string of the molecule is Cc1ccc(C(C)NC(=O)c2cccs2)o1. The Bertz CT molecular complexity index is 473. The molecule has 16 heavy (non-hydrogen) atoms. The van der Waals surface area contributed by atoms with Gasteiger partial charge in [0.25, 0.3) is 5.91 Å². The van der Waals surface area contributed by atoms with Crippen molar-refractivity contribution in [1.82, 2.24) is 5.32 Å². The van der Waals surface area contributed by atoms with Crippen molar-refractivity contribution in [3.63, 3.8) is 0 Å².